The Morgan fingerprint density at radius 2 is 2.05 bits per heavy atom. The van der Waals surface area contributed by atoms with Crippen molar-refractivity contribution in [3.8, 4) is 6.07 Å². The summed E-state index contributed by atoms with van der Waals surface area (Å²) in [5.41, 5.74) is 0.754. The summed E-state index contributed by atoms with van der Waals surface area (Å²) in [7, 11) is 0. The standard InChI is InChI=1S/C15H18N4O3/c16-10-11-3-1-2-4-12(11)18-14(20)9-13(15(21)22)19-7-5-17-6-8-19/h1-4,13,17H,5-9H2,(H,18,20)(H,21,22)/t13-/m1/s1. The number of benzene rings is 1. The van der Waals surface area contributed by atoms with Crippen molar-refractivity contribution in [3.63, 3.8) is 0 Å². The van der Waals surface area contributed by atoms with E-state index in [0.717, 1.165) is 0 Å². The van der Waals surface area contributed by atoms with Gasteiger partial charge in [0.25, 0.3) is 0 Å². The molecule has 0 bridgehead atoms. The van der Waals surface area contributed by atoms with Gasteiger partial charge in [0.15, 0.2) is 0 Å². The predicted molar refractivity (Wildman–Crippen MR) is 80.3 cm³/mol. The van der Waals surface area contributed by atoms with Crippen molar-refractivity contribution < 1.29 is 14.7 Å². The van der Waals surface area contributed by atoms with Gasteiger partial charge in [0.05, 0.1) is 17.7 Å². The van der Waals surface area contributed by atoms with Gasteiger partial charge in [-0.3, -0.25) is 14.5 Å². The van der Waals surface area contributed by atoms with Gasteiger partial charge >= 0.3 is 5.97 Å². The molecular weight excluding hydrogens is 284 g/mol. The Balaban J connectivity index is 2.02. The topological polar surface area (TPSA) is 105 Å². The van der Waals surface area contributed by atoms with Crippen LogP contribution in [0.5, 0.6) is 0 Å². The molecule has 0 saturated carbocycles. The summed E-state index contributed by atoms with van der Waals surface area (Å²) in [6.45, 7) is 2.61. The number of amides is 1. The number of hydrogen-bond donors (Lipinski definition) is 3. The Morgan fingerprint density at radius 1 is 1.36 bits per heavy atom. The van der Waals surface area contributed by atoms with Crippen LogP contribution in [0.15, 0.2) is 24.3 Å². The molecule has 0 unspecified atom stereocenters. The molecule has 1 heterocycles. The number of carbonyl (C=O) groups is 2. The van der Waals surface area contributed by atoms with Crippen LogP contribution in [-0.2, 0) is 9.59 Å². The van der Waals surface area contributed by atoms with Gasteiger partial charge < -0.3 is 15.7 Å². The third-order valence-electron chi connectivity index (χ3n) is 3.58. The normalized spacial score (nSPS) is 16.5. The largest absolute Gasteiger partial charge is 0.480 e. The molecule has 1 fully saturated rings. The van der Waals surface area contributed by atoms with E-state index in [1.165, 1.54) is 0 Å². The minimum Gasteiger partial charge on any atom is -0.480 e. The molecule has 0 spiro atoms. The molecule has 1 aromatic carbocycles. The Morgan fingerprint density at radius 3 is 2.68 bits per heavy atom. The Bertz CT molecular complexity index is 591. The number of rotatable bonds is 5. The van der Waals surface area contributed by atoms with E-state index in [-0.39, 0.29) is 6.42 Å². The summed E-state index contributed by atoms with van der Waals surface area (Å²) in [6.07, 6.45) is -0.144. The van der Waals surface area contributed by atoms with Gasteiger partial charge in [-0.25, -0.2) is 0 Å². The minimum atomic E-state index is -1.01. The summed E-state index contributed by atoms with van der Waals surface area (Å²) in [5.74, 6) is -1.42. The van der Waals surface area contributed by atoms with Crippen LogP contribution in [0, 0.1) is 11.3 Å². The fraction of sp³-hybridized carbons (Fsp3) is 0.400. The van der Waals surface area contributed by atoms with Crippen LogP contribution in [0.25, 0.3) is 0 Å². The average Bonchev–Trinajstić information content (AvgIpc) is 2.53. The fourth-order valence-electron chi connectivity index (χ4n) is 2.43. The molecule has 1 aliphatic rings. The molecule has 2 rings (SSSR count). The monoisotopic (exact) mass is 302 g/mol. The lowest BCUT2D eigenvalue weighted by Gasteiger charge is -2.32. The molecular formula is C15H18N4O3. The first kappa shape index (κ1) is 15.9. The van der Waals surface area contributed by atoms with Crippen molar-refractivity contribution in [2.24, 2.45) is 0 Å². The van der Waals surface area contributed by atoms with Crippen molar-refractivity contribution >= 4 is 17.6 Å². The highest BCUT2D eigenvalue weighted by Gasteiger charge is 2.29. The van der Waals surface area contributed by atoms with Crippen molar-refractivity contribution in [1.82, 2.24) is 10.2 Å². The molecule has 0 aromatic heterocycles. The number of carboxylic acid groups (broad SMARTS) is 1. The number of anilines is 1. The minimum absolute atomic E-state index is 0.144. The Hall–Kier alpha value is -2.43. The number of hydrogen-bond acceptors (Lipinski definition) is 5. The number of para-hydroxylation sites is 1. The number of nitrogens with one attached hydrogen (secondary N) is 2. The van der Waals surface area contributed by atoms with Crippen molar-refractivity contribution in [3.05, 3.63) is 29.8 Å². The highest BCUT2D eigenvalue weighted by molar-refractivity contribution is 5.95. The average molecular weight is 302 g/mol. The summed E-state index contributed by atoms with van der Waals surface area (Å²) in [4.78, 5) is 25.3. The van der Waals surface area contributed by atoms with Gasteiger partial charge in [-0.2, -0.15) is 5.26 Å². The lowest BCUT2D eigenvalue weighted by Crippen LogP contribution is -2.52. The van der Waals surface area contributed by atoms with Crippen LogP contribution in [-0.4, -0.2) is 54.1 Å². The molecule has 1 saturated heterocycles. The molecule has 22 heavy (non-hydrogen) atoms. The predicted octanol–water partition coefficient (Wildman–Crippen LogP) is 0.245. The molecule has 7 heteroatoms. The molecule has 1 atom stereocenters. The maximum atomic E-state index is 12.1. The number of piperazine rings is 1. The molecule has 116 valence electrons. The number of carboxylic acids is 1. The second-order valence-electron chi connectivity index (χ2n) is 5.05. The first-order valence-corrected chi connectivity index (χ1v) is 7.08. The van der Waals surface area contributed by atoms with Gasteiger partial charge in [-0.1, -0.05) is 12.1 Å². The molecule has 7 nitrogen and oxygen atoms in total. The quantitative estimate of drug-likeness (QED) is 0.720. The van der Waals surface area contributed by atoms with E-state index in [4.69, 9.17) is 5.26 Å². The number of aliphatic carboxylic acids is 1. The zero-order valence-electron chi connectivity index (χ0n) is 12.1. The zero-order valence-corrected chi connectivity index (χ0v) is 12.1. The van der Waals surface area contributed by atoms with Crippen molar-refractivity contribution in [2.75, 3.05) is 31.5 Å². The van der Waals surface area contributed by atoms with Crippen LogP contribution in [0.4, 0.5) is 5.69 Å². The number of carbonyl (C=O) groups excluding carboxylic acids is 1. The van der Waals surface area contributed by atoms with E-state index < -0.39 is 17.9 Å². The Labute approximate surface area is 128 Å². The van der Waals surface area contributed by atoms with Crippen molar-refractivity contribution in [2.45, 2.75) is 12.5 Å². The zero-order chi connectivity index (χ0) is 15.9. The summed E-state index contributed by atoms with van der Waals surface area (Å²) in [6, 6.07) is 7.77. The van der Waals surface area contributed by atoms with Crippen LogP contribution in [0.1, 0.15) is 12.0 Å². The first-order chi connectivity index (χ1) is 10.6. The van der Waals surface area contributed by atoms with E-state index in [0.29, 0.717) is 37.4 Å². The van der Waals surface area contributed by atoms with E-state index >= 15 is 0 Å². The fourth-order valence-corrected chi connectivity index (χ4v) is 2.43. The molecule has 0 aliphatic carbocycles. The van der Waals surface area contributed by atoms with E-state index in [1.54, 1.807) is 29.2 Å². The third-order valence-corrected chi connectivity index (χ3v) is 3.58. The SMILES string of the molecule is N#Cc1ccccc1NC(=O)C[C@H](C(=O)O)N1CCNCC1. The second-order valence-corrected chi connectivity index (χ2v) is 5.05. The van der Waals surface area contributed by atoms with Crippen LogP contribution < -0.4 is 10.6 Å². The van der Waals surface area contributed by atoms with Gasteiger partial charge in [0, 0.05) is 26.2 Å². The summed E-state index contributed by atoms with van der Waals surface area (Å²) >= 11 is 0. The maximum Gasteiger partial charge on any atom is 0.321 e. The van der Waals surface area contributed by atoms with Gasteiger partial charge in [0.2, 0.25) is 5.91 Å². The first-order valence-electron chi connectivity index (χ1n) is 7.08. The van der Waals surface area contributed by atoms with E-state index in [1.807, 2.05) is 6.07 Å². The Kier molecular flexibility index (Phi) is 5.47. The number of nitriles is 1. The van der Waals surface area contributed by atoms with Gasteiger partial charge in [0.1, 0.15) is 12.1 Å². The second kappa shape index (κ2) is 7.54. The third kappa shape index (κ3) is 4.04. The highest BCUT2D eigenvalue weighted by atomic mass is 16.4. The van der Waals surface area contributed by atoms with E-state index in [9.17, 15) is 14.7 Å². The molecule has 1 amide bonds. The van der Waals surface area contributed by atoms with Crippen LogP contribution >= 0.6 is 0 Å². The molecule has 0 radical (unpaired) electrons. The maximum absolute atomic E-state index is 12.1. The summed E-state index contributed by atoms with van der Waals surface area (Å²) < 4.78 is 0. The summed E-state index contributed by atoms with van der Waals surface area (Å²) in [5, 5.41) is 24.1. The van der Waals surface area contributed by atoms with Crippen molar-refractivity contribution in [1.29, 1.82) is 5.26 Å². The molecule has 1 aromatic rings. The highest BCUT2D eigenvalue weighted by Crippen LogP contribution is 2.15. The van der Waals surface area contributed by atoms with E-state index in [2.05, 4.69) is 10.6 Å². The number of nitrogens with zero attached hydrogens (tertiary/aromatic N) is 2. The lowest BCUT2D eigenvalue weighted by molar-refractivity contribution is -0.145. The molecule has 1 aliphatic heterocycles. The van der Waals surface area contributed by atoms with Gasteiger partial charge in [-0.15, -0.1) is 0 Å². The molecule has 3 N–H and O–H groups in total. The van der Waals surface area contributed by atoms with Gasteiger partial charge in [-0.05, 0) is 12.1 Å². The lowest BCUT2D eigenvalue weighted by atomic mass is 10.1. The van der Waals surface area contributed by atoms with Crippen LogP contribution in [0.2, 0.25) is 0 Å². The smallest absolute Gasteiger partial charge is 0.321 e. The van der Waals surface area contributed by atoms with Crippen LogP contribution in [0.3, 0.4) is 0 Å².